The second kappa shape index (κ2) is 4.91. The minimum atomic E-state index is -3.78. The molecule has 18 heavy (non-hydrogen) atoms. The Balaban J connectivity index is 2.30. The molecule has 0 unspecified atom stereocenters. The van der Waals surface area contributed by atoms with Gasteiger partial charge < -0.3 is 0 Å². The van der Waals surface area contributed by atoms with Crippen LogP contribution in [0.4, 0.5) is 10.1 Å². The highest BCUT2D eigenvalue weighted by molar-refractivity contribution is 7.92. The number of halogens is 2. The van der Waals surface area contributed by atoms with Gasteiger partial charge in [-0.15, -0.1) is 0 Å². The van der Waals surface area contributed by atoms with Gasteiger partial charge in [0.2, 0.25) is 0 Å². The Hall–Kier alpha value is -1.66. The van der Waals surface area contributed by atoms with E-state index in [4.69, 9.17) is 11.6 Å². The Morgan fingerprint density at radius 2 is 2.00 bits per heavy atom. The van der Waals surface area contributed by atoms with Crippen molar-refractivity contribution < 1.29 is 12.8 Å². The molecule has 1 aromatic heterocycles. The lowest BCUT2D eigenvalue weighted by Gasteiger charge is -2.07. The van der Waals surface area contributed by atoms with Crippen LogP contribution in [0.1, 0.15) is 0 Å². The number of hydrogen-bond acceptors (Lipinski definition) is 3. The smallest absolute Gasteiger partial charge is 0.263 e. The molecule has 0 saturated heterocycles. The third-order valence-electron chi connectivity index (χ3n) is 2.09. The van der Waals surface area contributed by atoms with Crippen LogP contribution in [0.15, 0.2) is 47.5 Å². The molecule has 0 spiro atoms. The van der Waals surface area contributed by atoms with Crippen LogP contribution in [0.25, 0.3) is 0 Å². The molecule has 0 amide bonds. The molecule has 0 atom stereocenters. The van der Waals surface area contributed by atoms with Crippen LogP contribution in [0.3, 0.4) is 0 Å². The van der Waals surface area contributed by atoms with Crippen molar-refractivity contribution >= 4 is 27.3 Å². The van der Waals surface area contributed by atoms with Crippen LogP contribution in [0.2, 0.25) is 5.15 Å². The Morgan fingerprint density at radius 3 is 2.61 bits per heavy atom. The summed E-state index contributed by atoms with van der Waals surface area (Å²) in [5, 5.41) is 0.194. The monoisotopic (exact) mass is 286 g/mol. The van der Waals surface area contributed by atoms with Crippen molar-refractivity contribution in [1.29, 1.82) is 0 Å². The van der Waals surface area contributed by atoms with Crippen LogP contribution in [-0.4, -0.2) is 13.4 Å². The quantitative estimate of drug-likeness (QED) is 0.883. The first-order valence-electron chi connectivity index (χ1n) is 4.87. The second-order valence-electron chi connectivity index (χ2n) is 3.43. The Kier molecular flexibility index (Phi) is 3.49. The summed E-state index contributed by atoms with van der Waals surface area (Å²) in [5.74, 6) is -0.524. The molecule has 0 saturated carbocycles. The maximum Gasteiger partial charge on any atom is 0.263 e. The number of benzene rings is 1. The van der Waals surface area contributed by atoms with Crippen molar-refractivity contribution in [1.82, 2.24) is 4.98 Å². The summed E-state index contributed by atoms with van der Waals surface area (Å²) < 4.78 is 39.0. The van der Waals surface area contributed by atoms with Crippen LogP contribution < -0.4 is 4.72 Å². The summed E-state index contributed by atoms with van der Waals surface area (Å²) in [7, 11) is -3.78. The van der Waals surface area contributed by atoms with Gasteiger partial charge in [0.25, 0.3) is 10.0 Å². The van der Waals surface area contributed by atoms with Gasteiger partial charge in [-0.05, 0) is 30.3 Å². The third kappa shape index (κ3) is 2.96. The number of pyridine rings is 1. The number of sulfonamides is 1. The van der Waals surface area contributed by atoms with Gasteiger partial charge >= 0.3 is 0 Å². The molecule has 1 heterocycles. The van der Waals surface area contributed by atoms with Crippen molar-refractivity contribution in [2.75, 3.05) is 4.72 Å². The highest BCUT2D eigenvalue weighted by atomic mass is 35.5. The fraction of sp³-hybridized carbons (Fsp3) is 0. The first-order valence-corrected chi connectivity index (χ1v) is 6.73. The number of nitrogens with zero attached hydrogens (tertiary/aromatic N) is 1. The maximum absolute atomic E-state index is 12.9. The van der Waals surface area contributed by atoms with E-state index in [9.17, 15) is 12.8 Å². The molecule has 1 aromatic carbocycles. The summed E-state index contributed by atoms with van der Waals surface area (Å²) in [4.78, 5) is 3.63. The Labute approximate surface area is 108 Å². The predicted octanol–water partition coefficient (Wildman–Crippen LogP) is 2.67. The average Bonchev–Trinajstić information content (AvgIpc) is 2.29. The fourth-order valence-electron chi connectivity index (χ4n) is 1.29. The largest absolute Gasteiger partial charge is 0.279 e. The lowest BCUT2D eigenvalue weighted by Crippen LogP contribution is -2.13. The SMILES string of the molecule is O=S(=O)(Nc1cccc(F)c1)c1ccc(Cl)nc1. The molecule has 94 valence electrons. The molecule has 0 aliphatic carbocycles. The number of hydrogen-bond donors (Lipinski definition) is 1. The second-order valence-corrected chi connectivity index (χ2v) is 5.50. The fourth-order valence-corrected chi connectivity index (χ4v) is 2.39. The lowest BCUT2D eigenvalue weighted by molar-refractivity contribution is 0.600. The van der Waals surface area contributed by atoms with E-state index in [0.717, 1.165) is 12.3 Å². The molecular weight excluding hydrogens is 279 g/mol. The zero-order chi connectivity index (χ0) is 13.2. The zero-order valence-corrected chi connectivity index (χ0v) is 10.5. The van der Waals surface area contributed by atoms with E-state index >= 15 is 0 Å². The molecule has 0 aliphatic rings. The molecular formula is C11H8ClFN2O2S. The molecule has 7 heteroatoms. The van der Waals surface area contributed by atoms with Gasteiger partial charge in [-0.2, -0.15) is 0 Å². The van der Waals surface area contributed by atoms with Gasteiger partial charge in [-0.25, -0.2) is 17.8 Å². The maximum atomic E-state index is 12.9. The predicted molar refractivity (Wildman–Crippen MR) is 66.5 cm³/mol. The highest BCUT2D eigenvalue weighted by Crippen LogP contribution is 2.17. The number of anilines is 1. The first-order chi connectivity index (χ1) is 8.47. The van der Waals surface area contributed by atoms with E-state index in [-0.39, 0.29) is 15.7 Å². The van der Waals surface area contributed by atoms with Gasteiger partial charge in [0.05, 0.1) is 5.69 Å². The van der Waals surface area contributed by atoms with Gasteiger partial charge in [0, 0.05) is 6.20 Å². The van der Waals surface area contributed by atoms with Crippen molar-refractivity contribution in [3.05, 3.63) is 53.6 Å². The highest BCUT2D eigenvalue weighted by Gasteiger charge is 2.14. The minimum Gasteiger partial charge on any atom is -0.279 e. The number of aromatic nitrogens is 1. The van der Waals surface area contributed by atoms with E-state index in [2.05, 4.69) is 9.71 Å². The molecule has 0 aliphatic heterocycles. The van der Waals surface area contributed by atoms with Gasteiger partial charge in [0.15, 0.2) is 0 Å². The standard InChI is InChI=1S/C11H8ClFN2O2S/c12-11-5-4-10(7-14-11)18(16,17)15-9-3-1-2-8(13)6-9/h1-7,15H. The van der Waals surface area contributed by atoms with E-state index in [0.29, 0.717) is 0 Å². The van der Waals surface area contributed by atoms with Crippen LogP contribution in [0, 0.1) is 5.82 Å². The van der Waals surface area contributed by atoms with E-state index in [1.807, 2.05) is 0 Å². The first kappa shape index (κ1) is 12.8. The molecule has 2 aromatic rings. The van der Waals surface area contributed by atoms with Crippen molar-refractivity contribution in [3.63, 3.8) is 0 Å². The lowest BCUT2D eigenvalue weighted by atomic mass is 10.3. The summed E-state index contributed by atoms with van der Waals surface area (Å²) in [6.45, 7) is 0. The average molecular weight is 287 g/mol. The molecule has 1 N–H and O–H groups in total. The van der Waals surface area contributed by atoms with E-state index in [1.165, 1.54) is 30.3 Å². The number of rotatable bonds is 3. The van der Waals surface area contributed by atoms with Gasteiger partial charge in [0.1, 0.15) is 15.9 Å². The summed E-state index contributed by atoms with van der Waals surface area (Å²) >= 11 is 5.57. The van der Waals surface area contributed by atoms with Crippen molar-refractivity contribution in [3.8, 4) is 0 Å². The number of nitrogens with one attached hydrogen (secondary N) is 1. The molecule has 0 fully saturated rings. The third-order valence-corrected chi connectivity index (χ3v) is 3.68. The van der Waals surface area contributed by atoms with E-state index in [1.54, 1.807) is 0 Å². The molecule has 2 rings (SSSR count). The zero-order valence-electron chi connectivity index (χ0n) is 8.97. The van der Waals surface area contributed by atoms with Crippen molar-refractivity contribution in [2.45, 2.75) is 4.90 Å². The summed E-state index contributed by atoms with van der Waals surface area (Å²) in [5.41, 5.74) is 0.143. The van der Waals surface area contributed by atoms with E-state index < -0.39 is 15.8 Å². The van der Waals surface area contributed by atoms with Gasteiger partial charge in [-0.1, -0.05) is 17.7 Å². The van der Waals surface area contributed by atoms with Crippen LogP contribution in [-0.2, 0) is 10.0 Å². The molecule has 0 bridgehead atoms. The van der Waals surface area contributed by atoms with Gasteiger partial charge in [-0.3, -0.25) is 4.72 Å². The molecule has 0 radical (unpaired) electrons. The topological polar surface area (TPSA) is 59.1 Å². The van der Waals surface area contributed by atoms with Crippen molar-refractivity contribution in [2.24, 2.45) is 0 Å². The normalized spacial score (nSPS) is 11.2. The van der Waals surface area contributed by atoms with Crippen LogP contribution in [0.5, 0.6) is 0 Å². The van der Waals surface area contributed by atoms with Crippen LogP contribution >= 0.6 is 11.6 Å². The minimum absolute atomic E-state index is 0.0452. The molecule has 4 nitrogen and oxygen atoms in total. The Bertz CT molecular complexity index is 659. The summed E-state index contributed by atoms with van der Waals surface area (Å²) in [6.07, 6.45) is 1.13. The summed E-state index contributed by atoms with van der Waals surface area (Å²) in [6, 6.07) is 7.85. The Morgan fingerprint density at radius 1 is 1.22 bits per heavy atom.